The first-order valence-corrected chi connectivity index (χ1v) is 8.94. The molecule has 1 aromatic heterocycles. The van der Waals surface area contributed by atoms with Gasteiger partial charge in [-0.3, -0.25) is 4.79 Å². The number of thiazole rings is 1. The first kappa shape index (κ1) is 17.2. The van der Waals surface area contributed by atoms with Crippen molar-refractivity contribution >= 4 is 17.3 Å². The zero-order valence-corrected chi connectivity index (χ0v) is 14.7. The average molecular weight is 353 g/mol. The van der Waals surface area contributed by atoms with Gasteiger partial charge in [0, 0.05) is 10.9 Å². The lowest BCUT2D eigenvalue weighted by Gasteiger charge is -2.10. The van der Waals surface area contributed by atoms with Crippen LogP contribution in [0.5, 0.6) is 5.75 Å². The molecule has 0 radical (unpaired) electrons. The molecule has 25 heavy (non-hydrogen) atoms. The van der Waals surface area contributed by atoms with E-state index in [-0.39, 0.29) is 12.3 Å². The summed E-state index contributed by atoms with van der Waals surface area (Å²) in [6.07, 6.45) is 0.126. The summed E-state index contributed by atoms with van der Waals surface area (Å²) in [6, 6.07) is 17.7. The summed E-state index contributed by atoms with van der Waals surface area (Å²) in [6.45, 7) is 2.32. The molecule has 0 amide bonds. The third-order valence-electron chi connectivity index (χ3n) is 3.89. The Bertz CT molecular complexity index is 828. The molecule has 5 heteroatoms. The molecule has 2 aromatic carbocycles. The zero-order chi connectivity index (χ0) is 17.6. The van der Waals surface area contributed by atoms with Crippen LogP contribution in [-0.4, -0.2) is 16.1 Å². The molecule has 0 spiro atoms. The van der Waals surface area contributed by atoms with Crippen molar-refractivity contribution in [3.05, 3.63) is 71.2 Å². The lowest BCUT2D eigenvalue weighted by molar-refractivity contribution is -0.137. The van der Waals surface area contributed by atoms with E-state index in [9.17, 15) is 4.79 Å². The van der Waals surface area contributed by atoms with Crippen LogP contribution in [0.2, 0.25) is 0 Å². The molecule has 4 nitrogen and oxygen atoms in total. The number of benzene rings is 2. The maximum atomic E-state index is 10.8. The van der Waals surface area contributed by atoms with Gasteiger partial charge in [-0.05, 0) is 23.6 Å². The summed E-state index contributed by atoms with van der Waals surface area (Å²) < 4.78 is 5.78. The van der Waals surface area contributed by atoms with E-state index in [0.29, 0.717) is 6.61 Å². The first-order chi connectivity index (χ1) is 12.1. The van der Waals surface area contributed by atoms with Crippen molar-refractivity contribution < 1.29 is 14.6 Å². The Labute approximate surface area is 150 Å². The molecule has 3 rings (SSSR count). The van der Waals surface area contributed by atoms with E-state index in [1.807, 2.05) is 66.9 Å². The van der Waals surface area contributed by atoms with Crippen molar-refractivity contribution in [2.45, 2.75) is 25.9 Å². The summed E-state index contributed by atoms with van der Waals surface area (Å²) in [4.78, 5) is 15.4. The van der Waals surface area contributed by atoms with Crippen molar-refractivity contribution in [3.63, 3.8) is 0 Å². The lowest BCUT2D eigenvalue weighted by atomic mass is 9.98. The number of carbonyl (C=O) groups is 1. The predicted octanol–water partition coefficient (Wildman–Crippen LogP) is 4.97. The fraction of sp³-hybridized carbons (Fsp3) is 0.200. The first-order valence-electron chi connectivity index (χ1n) is 8.06. The van der Waals surface area contributed by atoms with E-state index in [1.54, 1.807) is 11.3 Å². The standard InChI is InChI=1S/C20H19NO3S/c1-14(11-19(22)23)15-7-9-18(10-8-15)24-12-17-13-25-20(21-17)16-5-3-2-4-6-16/h2-10,13-14H,11-12H2,1H3,(H,22,23). The van der Waals surface area contributed by atoms with E-state index in [2.05, 4.69) is 4.98 Å². The fourth-order valence-corrected chi connectivity index (χ4v) is 3.33. The van der Waals surface area contributed by atoms with E-state index in [4.69, 9.17) is 9.84 Å². The average Bonchev–Trinajstić information content (AvgIpc) is 3.10. The number of aliphatic carboxylic acids is 1. The molecule has 0 aliphatic carbocycles. The second kappa shape index (κ2) is 7.94. The highest BCUT2D eigenvalue weighted by Gasteiger charge is 2.10. The van der Waals surface area contributed by atoms with E-state index < -0.39 is 5.97 Å². The van der Waals surface area contributed by atoms with Gasteiger partial charge in [0.2, 0.25) is 0 Å². The molecule has 1 unspecified atom stereocenters. The van der Waals surface area contributed by atoms with E-state index >= 15 is 0 Å². The number of hydrogen-bond donors (Lipinski definition) is 1. The largest absolute Gasteiger partial charge is 0.487 e. The maximum Gasteiger partial charge on any atom is 0.303 e. The molecular formula is C20H19NO3S. The van der Waals surface area contributed by atoms with Gasteiger partial charge in [0.25, 0.3) is 0 Å². The van der Waals surface area contributed by atoms with Crippen LogP contribution in [-0.2, 0) is 11.4 Å². The van der Waals surface area contributed by atoms with Crippen molar-refractivity contribution in [1.29, 1.82) is 0 Å². The highest BCUT2D eigenvalue weighted by atomic mass is 32.1. The van der Waals surface area contributed by atoms with Gasteiger partial charge in [0.15, 0.2) is 0 Å². The van der Waals surface area contributed by atoms with Crippen LogP contribution in [0.4, 0.5) is 0 Å². The Balaban J connectivity index is 1.59. The molecule has 3 aromatic rings. The normalized spacial score (nSPS) is 11.9. The molecule has 0 saturated carbocycles. The molecule has 0 fully saturated rings. The number of rotatable bonds is 7. The summed E-state index contributed by atoms with van der Waals surface area (Å²) in [7, 11) is 0. The van der Waals surface area contributed by atoms with Gasteiger partial charge in [-0.1, -0.05) is 49.4 Å². The number of nitrogens with zero attached hydrogens (tertiary/aromatic N) is 1. The zero-order valence-electron chi connectivity index (χ0n) is 13.9. The smallest absolute Gasteiger partial charge is 0.303 e. The summed E-state index contributed by atoms with van der Waals surface area (Å²) >= 11 is 1.60. The van der Waals surface area contributed by atoms with Gasteiger partial charge >= 0.3 is 5.97 Å². The molecule has 0 aliphatic heterocycles. The van der Waals surface area contributed by atoms with Gasteiger partial charge < -0.3 is 9.84 Å². The number of aromatic nitrogens is 1. The number of carboxylic acid groups (broad SMARTS) is 1. The highest BCUT2D eigenvalue weighted by molar-refractivity contribution is 7.13. The molecule has 128 valence electrons. The number of ether oxygens (including phenoxy) is 1. The van der Waals surface area contributed by atoms with Crippen LogP contribution in [0.3, 0.4) is 0 Å². The molecular weight excluding hydrogens is 334 g/mol. The Kier molecular flexibility index (Phi) is 5.46. The van der Waals surface area contributed by atoms with Gasteiger partial charge in [0.05, 0.1) is 12.1 Å². The summed E-state index contributed by atoms with van der Waals surface area (Å²) in [5.41, 5.74) is 3.00. The van der Waals surface area contributed by atoms with Crippen LogP contribution < -0.4 is 4.74 Å². The molecule has 0 bridgehead atoms. The minimum atomic E-state index is -0.787. The van der Waals surface area contributed by atoms with Gasteiger partial charge in [-0.2, -0.15) is 0 Å². The molecule has 0 saturated heterocycles. The van der Waals surface area contributed by atoms with Gasteiger partial charge in [-0.25, -0.2) is 4.98 Å². The van der Waals surface area contributed by atoms with Crippen LogP contribution >= 0.6 is 11.3 Å². The molecule has 1 atom stereocenters. The van der Waals surface area contributed by atoms with E-state index in [1.165, 1.54) is 0 Å². The van der Waals surface area contributed by atoms with Crippen molar-refractivity contribution in [1.82, 2.24) is 4.98 Å². The Morgan fingerprint density at radius 2 is 1.88 bits per heavy atom. The molecule has 0 aliphatic rings. The summed E-state index contributed by atoms with van der Waals surface area (Å²) in [5, 5.41) is 11.9. The Hall–Kier alpha value is -2.66. The third kappa shape index (κ3) is 4.67. The van der Waals surface area contributed by atoms with E-state index in [0.717, 1.165) is 27.6 Å². The second-order valence-corrected chi connectivity index (χ2v) is 6.72. The Morgan fingerprint density at radius 1 is 1.16 bits per heavy atom. The molecule has 1 heterocycles. The number of hydrogen-bond acceptors (Lipinski definition) is 4. The topological polar surface area (TPSA) is 59.4 Å². The van der Waals surface area contributed by atoms with Crippen LogP contribution in [0.1, 0.15) is 30.5 Å². The summed E-state index contributed by atoms with van der Waals surface area (Å²) in [5.74, 6) is -0.0513. The quantitative estimate of drug-likeness (QED) is 0.652. The van der Waals surface area contributed by atoms with Gasteiger partial charge in [0.1, 0.15) is 17.4 Å². The van der Waals surface area contributed by atoms with Crippen molar-refractivity contribution in [2.24, 2.45) is 0 Å². The van der Waals surface area contributed by atoms with Crippen LogP contribution in [0.25, 0.3) is 10.6 Å². The fourth-order valence-electron chi connectivity index (χ4n) is 2.52. The van der Waals surface area contributed by atoms with Gasteiger partial charge in [-0.15, -0.1) is 11.3 Å². The van der Waals surface area contributed by atoms with Crippen molar-refractivity contribution in [3.8, 4) is 16.3 Å². The third-order valence-corrected chi connectivity index (χ3v) is 4.83. The minimum Gasteiger partial charge on any atom is -0.487 e. The van der Waals surface area contributed by atoms with Crippen LogP contribution in [0, 0.1) is 0 Å². The number of carboxylic acids is 1. The Morgan fingerprint density at radius 3 is 2.56 bits per heavy atom. The second-order valence-electron chi connectivity index (χ2n) is 5.87. The van der Waals surface area contributed by atoms with Crippen molar-refractivity contribution in [2.75, 3.05) is 0 Å². The highest BCUT2D eigenvalue weighted by Crippen LogP contribution is 2.25. The SMILES string of the molecule is CC(CC(=O)O)c1ccc(OCc2csc(-c3ccccc3)n2)cc1. The van der Waals surface area contributed by atoms with Crippen LogP contribution in [0.15, 0.2) is 60.0 Å². The maximum absolute atomic E-state index is 10.8. The monoisotopic (exact) mass is 353 g/mol. The predicted molar refractivity (Wildman–Crippen MR) is 99.0 cm³/mol. The minimum absolute atomic E-state index is 0.0153. The lowest BCUT2D eigenvalue weighted by Crippen LogP contribution is -2.03. The molecule has 1 N–H and O–H groups in total.